The highest BCUT2D eigenvalue weighted by Gasteiger charge is 2.25. The van der Waals surface area contributed by atoms with Gasteiger partial charge in [0.15, 0.2) is 0 Å². The molecule has 1 aliphatic heterocycles. The van der Waals surface area contributed by atoms with Crippen LogP contribution in [0.3, 0.4) is 0 Å². The van der Waals surface area contributed by atoms with E-state index in [1.165, 1.54) is 18.5 Å². The van der Waals surface area contributed by atoms with Gasteiger partial charge in [-0.05, 0) is 44.6 Å². The van der Waals surface area contributed by atoms with Crippen LogP contribution in [-0.2, 0) is 0 Å². The highest BCUT2D eigenvalue weighted by Crippen LogP contribution is 2.26. The lowest BCUT2D eigenvalue weighted by Gasteiger charge is -2.33. The molecule has 2 rings (SSSR count). The molecule has 0 bridgehead atoms. The Morgan fingerprint density at radius 3 is 2.42 bits per heavy atom. The van der Waals surface area contributed by atoms with Crippen LogP contribution >= 0.6 is 15.9 Å². The summed E-state index contributed by atoms with van der Waals surface area (Å²) in [6.45, 7) is 6.65. The van der Waals surface area contributed by atoms with Crippen molar-refractivity contribution in [3.05, 3.63) is 34.3 Å². The maximum absolute atomic E-state index is 6.26. The molecule has 0 aromatic heterocycles. The zero-order chi connectivity index (χ0) is 13.8. The van der Waals surface area contributed by atoms with Crippen LogP contribution in [0.15, 0.2) is 28.7 Å². The third-order valence-electron chi connectivity index (χ3n) is 3.86. The predicted molar refractivity (Wildman–Crippen MR) is 84.2 cm³/mol. The molecule has 2 unspecified atom stereocenters. The molecule has 1 fully saturated rings. The zero-order valence-electron chi connectivity index (χ0n) is 11.8. The summed E-state index contributed by atoms with van der Waals surface area (Å²) >= 11 is 3.50. The SMILES string of the molecule is CC(N)C(c1ccc(Br)cc1)N1CCCN(C)CC1. The van der Waals surface area contributed by atoms with E-state index in [0.717, 1.165) is 24.1 Å². The van der Waals surface area contributed by atoms with Gasteiger partial charge in [-0.3, -0.25) is 4.90 Å². The first-order valence-corrected chi connectivity index (χ1v) is 7.81. The van der Waals surface area contributed by atoms with Crippen LogP contribution in [0.2, 0.25) is 0 Å². The fourth-order valence-electron chi connectivity index (χ4n) is 2.85. The lowest BCUT2D eigenvalue weighted by Crippen LogP contribution is -2.41. The van der Waals surface area contributed by atoms with Crippen molar-refractivity contribution in [3.63, 3.8) is 0 Å². The van der Waals surface area contributed by atoms with Gasteiger partial charge < -0.3 is 10.6 Å². The van der Waals surface area contributed by atoms with Crippen molar-refractivity contribution in [1.82, 2.24) is 9.80 Å². The number of rotatable bonds is 3. The Labute approximate surface area is 124 Å². The molecule has 0 aliphatic carbocycles. The molecule has 2 atom stereocenters. The molecule has 0 spiro atoms. The van der Waals surface area contributed by atoms with E-state index < -0.39 is 0 Å². The molecule has 1 aromatic rings. The first-order valence-electron chi connectivity index (χ1n) is 7.01. The first-order chi connectivity index (χ1) is 9.08. The lowest BCUT2D eigenvalue weighted by atomic mass is 9.99. The zero-order valence-corrected chi connectivity index (χ0v) is 13.4. The molecule has 0 saturated carbocycles. The number of benzene rings is 1. The van der Waals surface area contributed by atoms with E-state index in [2.05, 4.69) is 64.0 Å². The number of nitrogens with two attached hydrogens (primary N) is 1. The Hall–Kier alpha value is -0.420. The monoisotopic (exact) mass is 325 g/mol. The second kappa shape index (κ2) is 6.84. The van der Waals surface area contributed by atoms with Gasteiger partial charge in [0.1, 0.15) is 0 Å². The number of nitrogens with zero attached hydrogens (tertiary/aromatic N) is 2. The normalized spacial score (nSPS) is 21.9. The van der Waals surface area contributed by atoms with Gasteiger partial charge in [-0.15, -0.1) is 0 Å². The summed E-state index contributed by atoms with van der Waals surface area (Å²) in [4.78, 5) is 4.94. The van der Waals surface area contributed by atoms with E-state index in [4.69, 9.17) is 5.73 Å². The summed E-state index contributed by atoms with van der Waals surface area (Å²) < 4.78 is 1.12. The van der Waals surface area contributed by atoms with Gasteiger partial charge >= 0.3 is 0 Å². The minimum absolute atomic E-state index is 0.143. The van der Waals surface area contributed by atoms with Crippen molar-refractivity contribution in [3.8, 4) is 0 Å². The second-order valence-corrected chi connectivity index (χ2v) is 6.46. The molecule has 1 aromatic carbocycles. The average molecular weight is 326 g/mol. The van der Waals surface area contributed by atoms with Crippen molar-refractivity contribution in [2.45, 2.75) is 25.4 Å². The van der Waals surface area contributed by atoms with E-state index in [0.29, 0.717) is 6.04 Å². The van der Waals surface area contributed by atoms with Gasteiger partial charge in [-0.2, -0.15) is 0 Å². The fraction of sp³-hybridized carbons (Fsp3) is 0.600. The predicted octanol–water partition coefficient (Wildman–Crippen LogP) is 2.47. The summed E-state index contributed by atoms with van der Waals surface area (Å²) in [5.74, 6) is 0. The summed E-state index contributed by atoms with van der Waals surface area (Å²) in [6.07, 6.45) is 1.22. The molecule has 0 radical (unpaired) electrons. The maximum atomic E-state index is 6.26. The van der Waals surface area contributed by atoms with E-state index in [1.54, 1.807) is 0 Å². The summed E-state index contributed by atoms with van der Waals surface area (Å²) in [5.41, 5.74) is 7.58. The molecule has 3 nitrogen and oxygen atoms in total. The van der Waals surface area contributed by atoms with E-state index in [1.807, 2.05) is 0 Å². The molecular weight excluding hydrogens is 302 g/mol. The average Bonchev–Trinajstić information content (AvgIpc) is 2.57. The van der Waals surface area contributed by atoms with E-state index >= 15 is 0 Å². The van der Waals surface area contributed by atoms with Crippen LogP contribution in [0, 0.1) is 0 Å². The highest BCUT2D eigenvalue weighted by molar-refractivity contribution is 9.10. The van der Waals surface area contributed by atoms with Crippen LogP contribution in [-0.4, -0.2) is 49.1 Å². The molecule has 19 heavy (non-hydrogen) atoms. The van der Waals surface area contributed by atoms with Crippen molar-refractivity contribution in [2.24, 2.45) is 5.73 Å². The standard InChI is InChI=1S/C15H24BrN3/c1-12(17)15(13-4-6-14(16)7-5-13)19-9-3-8-18(2)10-11-19/h4-7,12,15H,3,8-11,17H2,1-2H3. The first kappa shape index (κ1) is 15.0. The molecule has 106 valence electrons. The number of halogens is 1. The van der Waals surface area contributed by atoms with E-state index in [9.17, 15) is 0 Å². The van der Waals surface area contributed by atoms with Gasteiger partial charge in [0.05, 0.1) is 0 Å². The Morgan fingerprint density at radius 1 is 1.11 bits per heavy atom. The minimum atomic E-state index is 0.143. The van der Waals surface area contributed by atoms with Gasteiger partial charge in [0, 0.05) is 36.2 Å². The molecule has 1 aliphatic rings. The summed E-state index contributed by atoms with van der Waals surface area (Å²) in [5, 5.41) is 0. The molecule has 0 amide bonds. The van der Waals surface area contributed by atoms with Crippen LogP contribution < -0.4 is 5.73 Å². The lowest BCUT2D eigenvalue weighted by molar-refractivity contribution is 0.182. The quantitative estimate of drug-likeness (QED) is 0.926. The smallest absolute Gasteiger partial charge is 0.0497 e. The Morgan fingerprint density at radius 2 is 1.79 bits per heavy atom. The van der Waals surface area contributed by atoms with Crippen molar-refractivity contribution < 1.29 is 0 Å². The molecular formula is C15H24BrN3. The Balaban J connectivity index is 2.17. The van der Waals surface area contributed by atoms with Crippen molar-refractivity contribution in [2.75, 3.05) is 33.2 Å². The van der Waals surface area contributed by atoms with Gasteiger partial charge in [0.25, 0.3) is 0 Å². The maximum Gasteiger partial charge on any atom is 0.0497 e. The summed E-state index contributed by atoms with van der Waals surface area (Å²) in [7, 11) is 2.20. The van der Waals surface area contributed by atoms with Crippen LogP contribution in [0.5, 0.6) is 0 Å². The Kier molecular flexibility index (Phi) is 5.39. The third-order valence-corrected chi connectivity index (χ3v) is 4.39. The molecule has 1 saturated heterocycles. The number of hydrogen-bond donors (Lipinski definition) is 1. The molecule has 1 heterocycles. The van der Waals surface area contributed by atoms with Crippen LogP contribution in [0.25, 0.3) is 0 Å². The van der Waals surface area contributed by atoms with Gasteiger partial charge in [0.2, 0.25) is 0 Å². The van der Waals surface area contributed by atoms with Crippen molar-refractivity contribution >= 4 is 15.9 Å². The third kappa shape index (κ3) is 4.02. The van der Waals surface area contributed by atoms with Gasteiger partial charge in [-0.25, -0.2) is 0 Å². The van der Waals surface area contributed by atoms with Gasteiger partial charge in [-0.1, -0.05) is 28.1 Å². The highest BCUT2D eigenvalue weighted by atomic mass is 79.9. The van der Waals surface area contributed by atoms with Crippen LogP contribution in [0.4, 0.5) is 0 Å². The van der Waals surface area contributed by atoms with Crippen LogP contribution in [0.1, 0.15) is 24.9 Å². The summed E-state index contributed by atoms with van der Waals surface area (Å²) in [6, 6.07) is 9.05. The second-order valence-electron chi connectivity index (χ2n) is 5.55. The fourth-order valence-corrected chi connectivity index (χ4v) is 3.12. The minimum Gasteiger partial charge on any atom is -0.326 e. The Bertz CT molecular complexity index is 391. The van der Waals surface area contributed by atoms with E-state index in [-0.39, 0.29) is 6.04 Å². The topological polar surface area (TPSA) is 32.5 Å². The molecule has 4 heteroatoms. The largest absolute Gasteiger partial charge is 0.326 e. The molecule has 2 N–H and O–H groups in total. The van der Waals surface area contributed by atoms with Crippen molar-refractivity contribution in [1.29, 1.82) is 0 Å². The number of hydrogen-bond acceptors (Lipinski definition) is 3. The number of likely N-dealkylation sites (N-methyl/N-ethyl adjacent to an activating group) is 1.